The molecule has 4 N–H and O–H groups in total. The molecular weight excluding hydrogens is 224 g/mol. The van der Waals surface area contributed by atoms with Gasteiger partial charge in [-0.15, -0.1) is 5.10 Å². The van der Waals surface area contributed by atoms with Crippen LogP contribution in [0.4, 0.5) is 0 Å². The fourth-order valence-corrected chi connectivity index (χ4v) is 2.14. The maximum Gasteiger partial charge on any atom is 0.130 e. The van der Waals surface area contributed by atoms with Gasteiger partial charge in [0.25, 0.3) is 0 Å². The van der Waals surface area contributed by atoms with Crippen molar-refractivity contribution in [3.63, 3.8) is 0 Å². The third-order valence-electron chi connectivity index (χ3n) is 2.26. The fourth-order valence-electron chi connectivity index (χ4n) is 1.21. The Labute approximate surface area is 99.0 Å². The first-order valence-corrected chi connectivity index (χ1v) is 5.81. The van der Waals surface area contributed by atoms with Crippen molar-refractivity contribution in [2.24, 2.45) is 5.73 Å². The highest BCUT2D eigenvalue weighted by Gasteiger charge is 2.16. The second-order valence-corrected chi connectivity index (χ2v) is 5.04. The number of nitrogens with one attached hydrogen (secondary N) is 1. The molecule has 6 heteroatoms. The van der Waals surface area contributed by atoms with Crippen molar-refractivity contribution in [3.8, 4) is 0 Å². The van der Waals surface area contributed by atoms with Crippen molar-refractivity contribution >= 4 is 17.6 Å². The van der Waals surface area contributed by atoms with Crippen LogP contribution in [0.3, 0.4) is 0 Å². The summed E-state index contributed by atoms with van der Waals surface area (Å²) in [4.78, 5) is 0. The van der Waals surface area contributed by atoms with Crippen LogP contribution in [-0.4, -0.2) is 33.0 Å². The standard InChI is InChI=1S/C10H16N4OS/c1-5(4-15)16-10-8(9(11)12)6(2)7(3)13-14-10/h5,15H,4H2,1-3H3,(H3,11,12). The number of nitrogen functional groups attached to an aromatic ring is 1. The topological polar surface area (TPSA) is 95.9 Å². The normalized spacial score (nSPS) is 12.5. The highest BCUT2D eigenvalue weighted by molar-refractivity contribution is 7.99. The zero-order valence-electron chi connectivity index (χ0n) is 9.61. The van der Waals surface area contributed by atoms with Crippen LogP contribution in [0.25, 0.3) is 0 Å². The molecule has 5 nitrogen and oxygen atoms in total. The molecule has 1 unspecified atom stereocenters. The van der Waals surface area contributed by atoms with Crippen LogP contribution in [0, 0.1) is 19.3 Å². The number of aromatic nitrogens is 2. The zero-order valence-corrected chi connectivity index (χ0v) is 10.4. The summed E-state index contributed by atoms with van der Waals surface area (Å²) in [5.41, 5.74) is 7.80. The molecule has 16 heavy (non-hydrogen) atoms. The summed E-state index contributed by atoms with van der Waals surface area (Å²) in [6.07, 6.45) is 0. The molecular formula is C10H16N4OS. The number of thioether (sulfide) groups is 1. The lowest BCUT2D eigenvalue weighted by Crippen LogP contribution is -2.18. The van der Waals surface area contributed by atoms with Gasteiger partial charge >= 0.3 is 0 Å². The van der Waals surface area contributed by atoms with Crippen LogP contribution < -0.4 is 5.73 Å². The summed E-state index contributed by atoms with van der Waals surface area (Å²) in [5.74, 6) is -0.0110. The lowest BCUT2D eigenvalue weighted by Gasteiger charge is -2.13. The minimum Gasteiger partial charge on any atom is -0.395 e. The van der Waals surface area contributed by atoms with E-state index in [2.05, 4.69) is 10.2 Å². The monoisotopic (exact) mass is 240 g/mol. The molecule has 0 bridgehead atoms. The van der Waals surface area contributed by atoms with E-state index in [0.29, 0.717) is 10.6 Å². The molecule has 0 aliphatic heterocycles. The van der Waals surface area contributed by atoms with Crippen LogP contribution >= 0.6 is 11.8 Å². The molecule has 0 aromatic carbocycles. The van der Waals surface area contributed by atoms with Gasteiger partial charge in [-0.25, -0.2) is 0 Å². The van der Waals surface area contributed by atoms with Crippen molar-refractivity contribution in [2.45, 2.75) is 31.0 Å². The lowest BCUT2D eigenvalue weighted by atomic mass is 10.1. The minimum absolute atomic E-state index is 0.00880. The van der Waals surface area contributed by atoms with Gasteiger partial charge < -0.3 is 10.8 Å². The van der Waals surface area contributed by atoms with Gasteiger partial charge in [0.15, 0.2) is 0 Å². The average Bonchev–Trinajstić information content (AvgIpc) is 2.23. The molecule has 88 valence electrons. The number of nitrogens with zero attached hydrogens (tertiary/aromatic N) is 2. The lowest BCUT2D eigenvalue weighted by molar-refractivity contribution is 0.300. The number of hydrogen-bond donors (Lipinski definition) is 3. The summed E-state index contributed by atoms with van der Waals surface area (Å²) in [5, 5.41) is 25.2. The summed E-state index contributed by atoms with van der Waals surface area (Å²) >= 11 is 1.38. The Bertz CT molecular complexity index is 408. The van der Waals surface area contributed by atoms with E-state index < -0.39 is 0 Å². The predicted molar refractivity (Wildman–Crippen MR) is 64.9 cm³/mol. The van der Waals surface area contributed by atoms with Crippen molar-refractivity contribution < 1.29 is 5.11 Å². The molecule has 0 fully saturated rings. The second-order valence-electron chi connectivity index (χ2n) is 3.62. The van der Waals surface area contributed by atoms with Crippen molar-refractivity contribution in [1.82, 2.24) is 10.2 Å². The molecule has 0 amide bonds. The average molecular weight is 240 g/mol. The third-order valence-corrected chi connectivity index (χ3v) is 3.32. The second kappa shape index (κ2) is 5.27. The van der Waals surface area contributed by atoms with E-state index in [-0.39, 0.29) is 17.7 Å². The van der Waals surface area contributed by atoms with Crippen LogP contribution in [0.2, 0.25) is 0 Å². The Morgan fingerprint density at radius 1 is 1.50 bits per heavy atom. The molecule has 1 atom stereocenters. The molecule has 1 aromatic heterocycles. The Morgan fingerprint density at radius 3 is 2.62 bits per heavy atom. The highest BCUT2D eigenvalue weighted by Crippen LogP contribution is 2.26. The molecule has 1 rings (SSSR count). The first-order valence-electron chi connectivity index (χ1n) is 4.93. The smallest absolute Gasteiger partial charge is 0.130 e. The molecule has 0 radical (unpaired) electrons. The first-order chi connectivity index (χ1) is 7.47. The van der Waals surface area contributed by atoms with E-state index in [9.17, 15) is 0 Å². The van der Waals surface area contributed by atoms with E-state index in [1.165, 1.54) is 11.8 Å². The van der Waals surface area contributed by atoms with Gasteiger partial charge in [-0.2, -0.15) is 5.10 Å². The maximum atomic E-state index is 9.00. The van der Waals surface area contributed by atoms with E-state index in [4.69, 9.17) is 16.2 Å². The van der Waals surface area contributed by atoms with E-state index >= 15 is 0 Å². The number of aryl methyl sites for hydroxylation is 1. The number of nitrogens with two attached hydrogens (primary N) is 1. The third kappa shape index (κ3) is 2.70. The van der Waals surface area contributed by atoms with E-state index in [1.807, 2.05) is 20.8 Å². The summed E-state index contributed by atoms with van der Waals surface area (Å²) < 4.78 is 0. The van der Waals surface area contributed by atoms with Crippen LogP contribution in [0.1, 0.15) is 23.7 Å². The Kier molecular flexibility index (Phi) is 4.26. The summed E-state index contributed by atoms with van der Waals surface area (Å²) in [6, 6.07) is 0. The molecule has 1 heterocycles. The zero-order chi connectivity index (χ0) is 12.3. The Balaban J connectivity index is 3.18. The number of aliphatic hydroxyl groups excluding tert-OH is 1. The van der Waals surface area contributed by atoms with Crippen LogP contribution in [0.5, 0.6) is 0 Å². The van der Waals surface area contributed by atoms with Gasteiger partial charge in [0.1, 0.15) is 10.9 Å². The van der Waals surface area contributed by atoms with Gasteiger partial charge in [0.05, 0.1) is 17.9 Å². The Morgan fingerprint density at radius 2 is 2.12 bits per heavy atom. The van der Waals surface area contributed by atoms with Gasteiger partial charge in [0, 0.05) is 5.25 Å². The number of rotatable bonds is 4. The van der Waals surface area contributed by atoms with Crippen LogP contribution in [0.15, 0.2) is 5.03 Å². The largest absolute Gasteiger partial charge is 0.395 e. The molecule has 0 saturated carbocycles. The van der Waals surface area contributed by atoms with Crippen molar-refractivity contribution in [2.75, 3.05) is 6.61 Å². The Hall–Kier alpha value is -1.14. The summed E-state index contributed by atoms with van der Waals surface area (Å²) in [7, 11) is 0. The fraction of sp³-hybridized carbons (Fsp3) is 0.500. The quantitative estimate of drug-likeness (QED) is 0.412. The number of aliphatic hydroxyl groups is 1. The molecule has 0 aliphatic carbocycles. The van der Waals surface area contributed by atoms with Gasteiger partial charge in [-0.3, -0.25) is 5.41 Å². The van der Waals surface area contributed by atoms with Gasteiger partial charge in [-0.05, 0) is 19.4 Å². The predicted octanol–water partition coefficient (Wildman–Crippen LogP) is 0.850. The highest BCUT2D eigenvalue weighted by atomic mass is 32.2. The first kappa shape index (κ1) is 12.9. The maximum absolute atomic E-state index is 9.00. The number of amidine groups is 1. The molecule has 0 spiro atoms. The van der Waals surface area contributed by atoms with E-state index in [1.54, 1.807) is 0 Å². The molecule has 0 saturated heterocycles. The van der Waals surface area contributed by atoms with E-state index in [0.717, 1.165) is 11.3 Å². The van der Waals surface area contributed by atoms with Crippen molar-refractivity contribution in [1.29, 1.82) is 5.41 Å². The van der Waals surface area contributed by atoms with Crippen molar-refractivity contribution in [3.05, 3.63) is 16.8 Å². The number of hydrogen-bond acceptors (Lipinski definition) is 5. The SMILES string of the molecule is Cc1nnc(SC(C)CO)c(C(=N)N)c1C. The minimum atomic E-state index is -0.0110. The van der Waals surface area contributed by atoms with Gasteiger partial charge in [-0.1, -0.05) is 18.7 Å². The van der Waals surface area contributed by atoms with Crippen LogP contribution in [-0.2, 0) is 0 Å². The summed E-state index contributed by atoms with van der Waals surface area (Å²) in [6.45, 7) is 5.63. The molecule has 0 aliphatic rings. The molecule has 1 aromatic rings. The van der Waals surface area contributed by atoms with Gasteiger partial charge in [0.2, 0.25) is 0 Å².